The molecule has 2 rings (SSSR count). The summed E-state index contributed by atoms with van der Waals surface area (Å²) in [6.07, 6.45) is 0.554. The molecule has 6 nitrogen and oxygen atoms in total. The van der Waals surface area contributed by atoms with Crippen molar-refractivity contribution in [2.24, 2.45) is 0 Å². The summed E-state index contributed by atoms with van der Waals surface area (Å²) in [5.41, 5.74) is 0.281. The predicted octanol–water partition coefficient (Wildman–Crippen LogP) is 0.770. The molecular weight excluding hydrogens is 304 g/mol. The molecule has 0 aromatic carbocycles. The van der Waals surface area contributed by atoms with Crippen LogP contribution in [0.1, 0.15) is 10.5 Å². The molecule has 0 spiro atoms. The van der Waals surface area contributed by atoms with Gasteiger partial charge in [-0.3, -0.25) is 4.79 Å². The van der Waals surface area contributed by atoms with Crippen molar-refractivity contribution in [2.75, 3.05) is 19.7 Å². The fourth-order valence-corrected chi connectivity index (χ4v) is 2.10. The largest absolute Gasteiger partial charge is 0.479 e. The highest BCUT2D eigenvalue weighted by atomic mass is 79.9. The topological polar surface area (TPSA) is 79.7 Å². The van der Waals surface area contributed by atoms with Gasteiger partial charge in [0.05, 0.1) is 13.2 Å². The number of rotatable bonds is 2. The predicted molar refractivity (Wildman–Crippen MR) is 65.2 cm³/mol. The van der Waals surface area contributed by atoms with Crippen LogP contribution in [0.3, 0.4) is 0 Å². The lowest BCUT2D eigenvalue weighted by Gasteiger charge is -2.30. The summed E-state index contributed by atoms with van der Waals surface area (Å²) in [6, 6.07) is 3.43. The Balaban J connectivity index is 2.14. The zero-order valence-corrected chi connectivity index (χ0v) is 11.0. The quantitative estimate of drug-likeness (QED) is 0.872. The molecule has 1 aliphatic rings. The van der Waals surface area contributed by atoms with Crippen LogP contribution in [0.5, 0.6) is 0 Å². The molecule has 96 valence electrons. The van der Waals surface area contributed by atoms with E-state index in [1.54, 1.807) is 12.1 Å². The van der Waals surface area contributed by atoms with Crippen LogP contribution in [0.15, 0.2) is 22.8 Å². The van der Waals surface area contributed by atoms with E-state index in [4.69, 9.17) is 9.84 Å². The minimum atomic E-state index is -1.06. The highest BCUT2D eigenvalue weighted by Crippen LogP contribution is 2.17. The van der Waals surface area contributed by atoms with Crippen LogP contribution < -0.4 is 0 Å². The fraction of sp³-hybridized carbons (Fsp3) is 0.364. The van der Waals surface area contributed by atoms with Crippen LogP contribution in [0.25, 0.3) is 0 Å². The molecule has 1 fully saturated rings. The van der Waals surface area contributed by atoms with E-state index in [-0.39, 0.29) is 24.8 Å². The SMILES string of the molecule is O=C(O)C1CN(C(=O)c2ncccc2Br)CCO1. The third-order valence-corrected chi connectivity index (χ3v) is 3.23. The molecule has 1 aromatic rings. The first-order valence-electron chi connectivity index (χ1n) is 5.34. The Morgan fingerprint density at radius 3 is 3.00 bits per heavy atom. The number of carboxylic acid groups (broad SMARTS) is 1. The lowest BCUT2D eigenvalue weighted by Crippen LogP contribution is -2.48. The number of carboxylic acids is 1. The first-order chi connectivity index (χ1) is 8.59. The van der Waals surface area contributed by atoms with Crippen LogP contribution in [0.4, 0.5) is 0 Å². The van der Waals surface area contributed by atoms with Gasteiger partial charge < -0.3 is 14.7 Å². The Hall–Kier alpha value is -1.47. The van der Waals surface area contributed by atoms with Crippen molar-refractivity contribution < 1.29 is 19.4 Å². The van der Waals surface area contributed by atoms with Crippen molar-refractivity contribution in [3.63, 3.8) is 0 Å². The first-order valence-corrected chi connectivity index (χ1v) is 6.13. The van der Waals surface area contributed by atoms with Crippen molar-refractivity contribution in [1.29, 1.82) is 0 Å². The van der Waals surface area contributed by atoms with Gasteiger partial charge in [-0.2, -0.15) is 0 Å². The first kappa shape index (κ1) is 13.0. The van der Waals surface area contributed by atoms with E-state index < -0.39 is 12.1 Å². The molecule has 1 unspecified atom stereocenters. The van der Waals surface area contributed by atoms with Crippen molar-refractivity contribution >= 4 is 27.8 Å². The number of aliphatic carboxylic acids is 1. The maximum atomic E-state index is 12.2. The van der Waals surface area contributed by atoms with Crippen LogP contribution in [-0.4, -0.2) is 52.7 Å². The monoisotopic (exact) mass is 314 g/mol. The van der Waals surface area contributed by atoms with Crippen molar-refractivity contribution in [1.82, 2.24) is 9.88 Å². The molecule has 1 amide bonds. The summed E-state index contributed by atoms with van der Waals surface area (Å²) in [4.78, 5) is 28.4. The Morgan fingerprint density at radius 1 is 1.56 bits per heavy atom. The van der Waals surface area contributed by atoms with Gasteiger partial charge in [0.2, 0.25) is 0 Å². The standard InChI is InChI=1S/C11H11BrN2O4/c12-7-2-1-3-13-9(7)10(15)14-4-5-18-8(6-14)11(16)17/h1-3,8H,4-6H2,(H,16,17). The number of nitrogens with zero attached hydrogens (tertiary/aromatic N) is 2. The molecule has 0 aliphatic carbocycles. The number of ether oxygens (including phenoxy) is 1. The molecule has 1 aliphatic heterocycles. The van der Waals surface area contributed by atoms with Gasteiger partial charge in [0, 0.05) is 17.2 Å². The summed E-state index contributed by atoms with van der Waals surface area (Å²) in [6.45, 7) is 0.621. The zero-order valence-electron chi connectivity index (χ0n) is 9.38. The second-order valence-corrected chi connectivity index (χ2v) is 4.64. The average Bonchev–Trinajstić information content (AvgIpc) is 2.38. The van der Waals surface area contributed by atoms with Crippen LogP contribution in [-0.2, 0) is 9.53 Å². The Bertz CT molecular complexity index is 480. The number of hydrogen-bond acceptors (Lipinski definition) is 4. The third-order valence-electron chi connectivity index (χ3n) is 2.59. The second-order valence-electron chi connectivity index (χ2n) is 3.78. The molecule has 1 N–H and O–H groups in total. The molecule has 7 heteroatoms. The number of carbonyl (C=O) groups excluding carboxylic acids is 1. The van der Waals surface area contributed by atoms with Gasteiger partial charge in [-0.15, -0.1) is 0 Å². The zero-order chi connectivity index (χ0) is 13.1. The van der Waals surface area contributed by atoms with Gasteiger partial charge in [0.25, 0.3) is 5.91 Å². The van der Waals surface area contributed by atoms with Crippen LogP contribution in [0, 0.1) is 0 Å². The summed E-state index contributed by atoms with van der Waals surface area (Å²) in [5, 5.41) is 8.88. The summed E-state index contributed by atoms with van der Waals surface area (Å²) >= 11 is 3.25. The molecule has 18 heavy (non-hydrogen) atoms. The summed E-state index contributed by atoms with van der Waals surface area (Å²) in [7, 11) is 0. The number of amides is 1. The number of aromatic nitrogens is 1. The number of halogens is 1. The van der Waals surface area contributed by atoms with Crippen molar-refractivity contribution in [3.8, 4) is 0 Å². The summed E-state index contributed by atoms with van der Waals surface area (Å²) < 4.78 is 5.65. The molecule has 0 radical (unpaired) electrons. The fourth-order valence-electron chi connectivity index (χ4n) is 1.68. The van der Waals surface area contributed by atoms with E-state index in [0.29, 0.717) is 11.0 Å². The molecular formula is C11H11BrN2O4. The molecule has 1 aromatic heterocycles. The van der Waals surface area contributed by atoms with E-state index in [0.717, 1.165) is 0 Å². The van der Waals surface area contributed by atoms with Gasteiger partial charge in [0.15, 0.2) is 6.10 Å². The minimum Gasteiger partial charge on any atom is -0.479 e. The van der Waals surface area contributed by atoms with Crippen molar-refractivity contribution in [3.05, 3.63) is 28.5 Å². The van der Waals surface area contributed by atoms with E-state index in [1.807, 2.05) is 0 Å². The highest BCUT2D eigenvalue weighted by Gasteiger charge is 2.30. The number of morpholine rings is 1. The maximum Gasteiger partial charge on any atom is 0.334 e. The third kappa shape index (κ3) is 2.68. The van der Waals surface area contributed by atoms with Gasteiger partial charge in [-0.1, -0.05) is 0 Å². The average molecular weight is 315 g/mol. The lowest BCUT2D eigenvalue weighted by atomic mass is 10.2. The van der Waals surface area contributed by atoms with Crippen molar-refractivity contribution in [2.45, 2.75) is 6.10 Å². The Morgan fingerprint density at radius 2 is 2.33 bits per heavy atom. The smallest absolute Gasteiger partial charge is 0.334 e. The number of pyridine rings is 1. The maximum absolute atomic E-state index is 12.2. The Labute approximate surface area is 112 Å². The Kier molecular flexibility index (Phi) is 3.93. The van der Waals surface area contributed by atoms with E-state index in [2.05, 4.69) is 20.9 Å². The van der Waals surface area contributed by atoms with Crippen LogP contribution >= 0.6 is 15.9 Å². The molecule has 0 saturated carbocycles. The van der Waals surface area contributed by atoms with Gasteiger partial charge >= 0.3 is 5.97 Å². The molecule has 2 heterocycles. The van der Waals surface area contributed by atoms with E-state index in [9.17, 15) is 9.59 Å². The lowest BCUT2D eigenvalue weighted by molar-refractivity contribution is -0.154. The normalized spacial score (nSPS) is 19.6. The van der Waals surface area contributed by atoms with Crippen LogP contribution in [0.2, 0.25) is 0 Å². The number of carbonyl (C=O) groups is 2. The highest BCUT2D eigenvalue weighted by molar-refractivity contribution is 9.10. The number of hydrogen-bond donors (Lipinski definition) is 1. The van der Waals surface area contributed by atoms with E-state index >= 15 is 0 Å². The summed E-state index contributed by atoms with van der Waals surface area (Å²) in [5.74, 6) is -1.36. The second kappa shape index (κ2) is 5.45. The molecule has 1 atom stereocenters. The molecule has 0 bridgehead atoms. The van der Waals surface area contributed by atoms with E-state index in [1.165, 1.54) is 11.1 Å². The van der Waals surface area contributed by atoms with Gasteiger partial charge in [-0.25, -0.2) is 9.78 Å². The van der Waals surface area contributed by atoms with Gasteiger partial charge in [0.1, 0.15) is 5.69 Å². The molecule has 1 saturated heterocycles. The minimum absolute atomic E-state index is 0.0389. The van der Waals surface area contributed by atoms with Gasteiger partial charge in [-0.05, 0) is 28.1 Å².